The molecule has 0 unspecified atom stereocenters. The number of nitrogens with one attached hydrogen (secondary N) is 3. The largest absolute Gasteiger partial charge is 0.291 e. The number of rotatable bonds is 4. The van der Waals surface area contributed by atoms with Gasteiger partial charge in [-0.3, -0.25) is 30.1 Å². The maximum absolute atomic E-state index is 12.0. The molecule has 0 aliphatic carbocycles. The van der Waals surface area contributed by atoms with E-state index in [0.717, 1.165) is 11.1 Å². The van der Waals surface area contributed by atoms with Gasteiger partial charge in [0.2, 0.25) is 5.91 Å². The number of aromatic nitrogens is 3. The first kappa shape index (κ1) is 16.9. The van der Waals surface area contributed by atoms with E-state index >= 15 is 0 Å². The molecule has 0 saturated carbocycles. The number of aryl methyl sites for hydroxylation is 1. The number of carbonyl (C=O) groups excluding carboxylic acids is 2. The molecule has 0 saturated heterocycles. The molecule has 1 aromatic heterocycles. The maximum Gasteiger partial charge on any atom is 0.258 e. The van der Waals surface area contributed by atoms with E-state index in [9.17, 15) is 9.59 Å². The van der Waals surface area contributed by atoms with Crippen molar-refractivity contribution in [1.82, 2.24) is 25.6 Å². The predicted octanol–water partition coefficient (Wildman–Crippen LogP) is 1.72. The topological polar surface area (TPSA) is 91.8 Å². The van der Waals surface area contributed by atoms with E-state index < -0.39 is 0 Å². The quantitative estimate of drug-likeness (QED) is 0.587. The molecule has 1 heterocycles. The van der Waals surface area contributed by atoms with E-state index in [1.54, 1.807) is 18.4 Å². The van der Waals surface area contributed by atoms with Crippen molar-refractivity contribution in [3.63, 3.8) is 0 Å². The summed E-state index contributed by atoms with van der Waals surface area (Å²) in [6.07, 6.45) is 0. The van der Waals surface area contributed by atoms with Gasteiger partial charge in [-0.05, 0) is 19.1 Å². The Morgan fingerprint density at radius 2 is 1.91 bits per heavy atom. The molecule has 122 valence electrons. The molecule has 3 N–H and O–H groups in total. The van der Waals surface area contributed by atoms with Crippen LogP contribution in [0.15, 0.2) is 24.3 Å². The van der Waals surface area contributed by atoms with Crippen molar-refractivity contribution >= 4 is 24.0 Å². The third-order valence-corrected chi connectivity index (χ3v) is 3.53. The number of aromatic amines is 1. The molecule has 8 heteroatoms. The van der Waals surface area contributed by atoms with Crippen LogP contribution in [0.25, 0.3) is 11.4 Å². The van der Waals surface area contributed by atoms with Crippen LogP contribution in [0.3, 0.4) is 0 Å². The summed E-state index contributed by atoms with van der Waals surface area (Å²) in [6.45, 7) is 5.43. The second-order valence-corrected chi connectivity index (χ2v) is 5.88. The van der Waals surface area contributed by atoms with Crippen LogP contribution in [0.1, 0.15) is 19.4 Å². The van der Waals surface area contributed by atoms with Crippen LogP contribution in [0.2, 0.25) is 0 Å². The fourth-order valence-electron chi connectivity index (χ4n) is 1.85. The fraction of sp³-hybridized carbons (Fsp3) is 0.333. The van der Waals surface area contributed by atoms with Crippen molar-refractivity contribution in [3.05, 3.63) is 34.6 Å². The van der Waals surface area contributed by atoms with Crippen LogP contribution < -0.4 is 10.9 Å². The third-order valence-electron chi connectivity index (χ3n) is 3.22. The van der Waals surface area contributed by atoms with Gasteiger partial charge in [-0.15, -0.1) is 0 Å². The van der Waals surface area contributed by atoms with E-state index in [4.69, 9.17) is 12.2 Å². The molecule has 0 bridgehead atoms. The predicted molar refractivity (Wildman–Crippen MR) is 88.7 cm³/mol. The van der Waals surface area contributed by atoms with Crippen molar-refractivity contribution < 1.29 is 9.59 Å². The van der Waals surface area contributed by atoms with E-state index in [0.29, 0.717) is 10.6 Å². The molecular formula is C15H19N5O2S. The number of benzene rings is 1. The van der Waals surface area contributed by atoms with Crippen LogP contribution in [0.5, 0.6) is 0 Å². The van der Waals surface area contributed by atoms with E-state index in [1.807, 2.05) is 31.2 Å². The van der Waals surface area contributed by atoms with Crippen LogP contribution in [-0.2, 0) is 16.1 Å². The van der Waals surface area contributed by atoms with Crippen LogP contribution in [-0.4, -0.2) is 26.6 Å². The maximum atomic E-state index is 12.0. The second-order valence-electron chi connectivity index (χ2n) is 5.50. The molecule has 0 fully saturated rings. The molecule has 23 heavy (non-hydrogen) atoms. The zero-order chi connectivity index (χ0) is 17.0. The highest BCUT2D eigenvalue weighted by atomic mass is 32.1. The monoisotopic (exact) mass is 333 g/mol. The first-order chi connectivity index (χ1) is 10.9. The Morgan fingerprint density at radius 3 is 2.52 bits per heavy atom. The summed E-state index contributed by atoms with van der Waals surface area (Å²) >= 11 is 5.17. The summed E-state index contributed by atoms with van der Waals surface area (Å²) < 4.78 is 1.92. The smallest absolute Gasteiger partial charge is 0.258 e. The molecule has 1 aromatic carbocycles. The third kappa shape index (κ3) is 4.26. The Labute approximate surface area is 139 Å². The van der Waals surface area contributed by atoms with Gasteiger partial charge in [-0.2, -0.15) is 5.10 Å². The molecular weight excluding hydrogens is 314 g/mol. The van der Waals surface area contributed by atoms with Crippen LogP contribution in [0, 0.1) is 17.6 Å². The molecule has 7 nitrogen and oxygen atoms in total. The highest BCUT2D eigenvalue weighted by Gasteiger charge is 2.13. The van der Waals surface area contributed by atoms with E-state index in [-0.39, 0.29) is 24.3 Å². The van der Waals surface area contributed by atoms with Crippen molar-refractivity contribution in [2.45, 2.75) is 27.3 Å². The average molecular weight is 333 g/mol. The van der Waals surface area contributed by atoms with Gasteiger partial charge in [-0.1, -0.05) is 43.7 Å². The second kappa shape index (κ2) is 7.19. The lowest BCUT2D eigenvalue weighted by atomic mass is 10.1. The zero-order valence-electron chi connectivity index (χ0n) is 13.2. The van der Waals surface area contributed by atoms with Crippen molar-refractivity contribution in [2.24, 2.45) is 5.92 Å². The summed E-state index contributed by atoms with van der Waals surface area (Å²) in [6, 6.07) is 7.74. The van der Waals surface area contributed by atoms with Gasteiger partial charge in [0.15, 0.2) is 10.6 Å². The Kier molecular flexibility index (Phi) is 5.28. The Morgan fingerprint density at radius 1 is 1.26 bits per heavy atom. The normalized spacial score (nSPS) is 10.6. The zero-order valence-corrected chi connectivity index (χ0v) is 14.0. The SMILES string of the molecule is Cc1ccc(-c2n[nH]c(=S)n2CC(=O)NNC(=O)C(C)C)cc1. The van der Waals surface area contributed by atoms with Crippen molar-refractivity contribution in [2.75, 3.05) is 0 Å². The molecule has 0 spiro atoms. The van der Waals surface area contributed by atoms with E-state index in [1.165, 1.54) is 0 Å². The molecule has 0 atom stereocenters. The van der Waals surface area contributed by atoms with Gasteiger partial charge in [-0.25, -0.2) is 0 Å². The van der Waals surface area contributed by atoms with Crippen molar-refractivity contribution in [1.29, 1.82) is 0 Å². The average Bonchev–Trinajstić information content (AvgIpc) is 2.86. The number of hydrogen-bond acceptors (Lipinski definition) is 4. The summed E-state index contributed by atoms with van der Waals surface area (Å²) in [5, 5.41) is 6.86. The Balaban J connectivity index is 2.13. The van der Waals surface area contributed by atoms with Crippen LogP contribution in [0.4, 0.5) is 0 Å². The highest BCUT2D eigenvalue weighted by Crippen LogP contribution is 2.17. The summed E-state index contributed by atoms with van der Waals surface area (Å²) in [7, 11) is 0. The highest BCUT2D eigenvalue weighted by molar-refractivity contribution is 7.71. The summed E-state index contributed by atoms with van der Waals surface area (Å²) in [5.41, 5.74) is 6.71. The van der Waals surface area contributed by atoms with E-state index in [2.05, 4.69) is 21.0 Å². The Bertz CT molecular complexity index is 761. The minimum atomic E-state index is -0.384. The number of carbonyl (C=O) groups is 2. The molecule has 2 aromatic rings. The summed E-state index contributed by atoms with van der Waals surface area (Å²) in [4.78, 5) is 23.5. The minimum Gasteiger partial charge on any atom is -0.291 e. The lowest BCUT2D eigenvalue weighted by Gasteiger charge is -2.10. The van der Waals surface area contributed by atoms with Crippen LogP contribution >= 0.6 is 12.2 Å². The van der Waals surface area contributed by atoms with Gasteiger partial charge in [0, 0.05) is 11.5 Å². The fourth-order valence-corrected chi connectivity index (χ4v) is 2.04. The molecule has 0 radical (unpaired) electrons. The molecule has 2 amide bonds. The number of hydrazine groups is 1. The minimum absolute atomic E-state index is 0.0447. The summed E-state index contributed by atoms with van der Waals surface area (Å²) in [5.74, 6) is -0.285. The van der Waals surface area contributed by atoms with Gasteiger partial charge >= 0.3 is 0 Å². The van der Waals surface area contributed by atoms with Gasteiger partial charge < -0.3 is 0 Å². The number of amides is 2. The molecule has 0 aliphatic rings. The van der Waals surface area contributed by atoms with Gasteiger partial charge in [0.05, 0.1) is 0 Å². The Hall–Kier alpha value is -2.48. The number of nitrogens with zero attached hydrogens (tertiary/aromatic N) is 2. The number of H-pyrrole nitrogens is 1. The lowest BCUT2D eigenvalue weighted by Crippen LogP contribution is -2.44. The first-order valence-corrected chi connectivity index (χ1v) is 7.60. The number of hydrogen-bond donors (Lipinski definition) is 3. The van der Waals surface area contributed by atoms with Gasteiger partial charge in [0.25, 0.3) is 5.91 Å². The molecule has 0 aliphatic heterocycles. The lowest BCUT2D eigenvalue weighted by molar-refractivity contribution is -0.130. The standard InChI is InChI=1S/C15H19N5O2S/c1-9(2)14(22)18-16-12(21)8-20-13(17-19-15(20)23)11-6-4-10(3)5-7-11/h4-7,9H,8H2,1-3H3,(H,16,21)(H,18,22)(H,19,23). The first-order valence-electron chi connectivity index (χ1n) is 7.19. The molecule has 2 rings (SSSR count). The van der Waals surface area contributed by atoms with Crippen molar-refractivity contribution in [3.8, 4) is 11.4 Å². The van der Waals surface area contributed by atoms with Gasteiger partial charge in [0.1, 0.15) is 6.54 Å².